The van der Waals surface area contributed by atoms with Crippen molar-refractivity contribution in [3.8, 4) is 0 Å². The van der Waals surface area contributed by atoms with Crippen molar-refractivity contribution in [1.29, 1.82) is 0 Å². The molecule has 5 rings (SSSR count). The number of nitrogens with zero attached hydrogens (tertiary/aromatic N) is 2. The maximum Gasteiger partial charge on any atom is 0.244 e. The largest absolute Gasteiger partial charge is 0.368 e. The molecule has 2 aromatic carbocycles. The molecule has 0 bridgehead atoms. The van der Waals surface area contributed by atoms with Crippen LogP contribution in [0.15, 0.2) is 65.7 Å². The second-order valence-corrected chi connectivity index (χ2v) is 9.57. The number of fused-ring (bicyclic) bond motifs is 2. The number of anilines is 1. The van der Waals surface area contributed by atoms with Gasteiger partial charge in [-0.2, -0.15) is 4.72 Å². The Hall–Kier alpha value is -2.48. The molecule has 2 N–H and O–H groups in total. The number of likely N-dealkylation sites (tertiary alicyclic amines) is 1. The van der Waals surface area contributed by atoms with Crippen molar-refractivity contribution in [3.05, 3.63) is 66.4 Å². The number of pyridine rings is 1. The zero-order chi connectivity index (χ0) is 19.8. The summed E-state index contributed by atoms with van der Waals surface area (Å²) in [5, 5.41) is 4.56. The van der Waals surface area contributed by atoms with Gasteiger partial charge in [-0.1, -0.05) is 24.3 Å². The molecule has 150 valence electrons. The average molecular weight is 409 g/mol. The standard InChI is InChI=1S/C22H24N4O2S/c27-29(28)21-6-2-1-5-20(21)24-22(25-29)17-9-12-26(13-10-17)15-16-7-8-19-18(14-16)4-3-11-23-19/h1-8,11,14,17,22,24-25H,9-10,12-13,15H2. The lowest BCUT2D eigenvalue weighted by molar-refractivity contribution is 0.163. The predicted octanol–water partition coefficient (Wildman–Crippen LogP) is 3.18. The van der Waals surface area contributed by atoms with Crippen LogP contribution in [0.3, 0.4) is 0 Å². The molecule has 3 heterocycles. The number of aromatic nitrogens is 1. The molecule has 1 atom stereocenters. The van der Waals surface area contributed by atoms with Crippen LogP contribution in [0, 0.1) is 5.92 Å². The van der Waals surface area contributed by atoms with Crippen molar-refractivity contribution in [1.82, 2.24) is 14.6 Å². The molecular formula is C22H24N4O2S. The van der Waals surface area contributed by atoms with Gasteiger partial charge in [0.25, 0.3) is 0 Å². The lowest BCUT2D eigenvalue weighted by Gasteiger charge is -2.38. The lowest BCUT2D eigenvalue weighted by atomic mass is 9.93. The smallest absolute Gasteiger partial charge is 0.244 e. The van der Waals surface area contributed by atoms with Crippen LogP contribution in [0.1, 0.15) is 18.4 Å². The fourth-order valence-corrected chi connectivity index (χ4v) is 5.77. The fraction of sp³-hybridized carbons (Fsp3) is 0.318. The first-order valence-electron chi connectivity index (χ1n) is 10.0. The molecule has 0 aliphatic carbocycles. The Morgan fingerprint density at radius 2 is 1.86 bits per heavy atom. The van der Waals surface area contributed by atoms with Gasteiger partial charge in [0, 0.05) is 18.1 Å². The van der Waals surface area contributed by atoms with E-state index in [4.69, 9.17) is 0 Å². The van der Waals surface area contributed by atoms with E-state index in [-0.39, 0.29) is 12.1 Å². The van der Waals surface area contributed by atoms with Crippen molar-refractivity contribution in [2.45, 2.75) is 30.4 Å². The minimum atomic E-state index is -3.46. The number of rotatable bonds is 3. The summed E-state index contributed by atoms with van der Waals surface area (Å²) in [5.74, 6) is 0.273. The van der Waals surface area contributed by atoms with Crippen LogP contribution in [-0.2, 0) is 16.6 Å². The van der Waals surface area contributed by atoms with Gasteiger partial charge in [-0.15, -0.1) is 0 Å². The molecule has 1 saturated heterocycles. The minimum absolute atomic E-state index is 0.246. The number of nitrogens with one attached hydrogen (secondary N) is 2. The number of piperidine rings is 1. The Kier molecular flexibility index (Phi) is 4.73. The predicted molar refractivity (Wildman–Crippen MR) is 114 cm³/mol. The van der Waals surface area contributed by atoms with Crippen molar-refractivity contribution < 1.29 is 8.42 Å². The van der Waals surface area contributed by atoms with Crippen LogP contribution in [0.5, 0.6) is 0 Å². The summed E-state index contributed by atoms with van der Waals surface area (Å²) in [4.78, 5) is 7.16. The summed E-state index contributed by atoms with van der Waals surface area (Å²) >= 11 is 0. The van der Waals surface area contributed by atoms with E-state index in [2.05, 4.69) is 44.2 Å². The summed E-state index contributed by atoms with van der Waals surface area (Å²) < 4.78 is 28.0. The van der Waals surface area contributed by atoms with E-state index in [0.29, 0.717) is 10.6 Å². The van der Waals surface area contributed by atoms with E-state index in [1.54, 1.807) is 12.1 Å². The van der Waals surface area contributed by atoms with E-state index in [1.165, 1.54) is 10.9 Å². The van der Waals surface area contributed by atoms with E-state index < -0.39 is 10.0 Å². The van der Waals surface area contributed by atoms with Gasteiger partial charge in [0.15, 0.2) is 0 Å². The van der Waals surface area contributed by atoms with Crippen molar-refractivity contribution in [2.75, 3.05) is 18.4 Å². The molecule has 0 saturated carbocycles. The molecule has 1 unspecified atom stereocenters. The van der Waals surface area contributed by atoms with Gasteiger partial charge in [0.1, 0.15) is 4.90 Å². The topological polar surface area (TPSA) is 74.3 Å². The fourth-order valence-electron chi connectivity index (χ4n) is 4.39. The van der Waals surface area contributed by atoms with E-state index in [1.807, 2.05) is 24.4 Å². The molecule has 2 aliphatic rings. The maximum atomic E-state index is 12.6. The third-order valence-corrected chi connectivity index (χ3v) is 7.45. The highest BCUT2D eigenvalue weighted by atomic mass is 32.2. The average Bonchev–Trinajstić information content (AvgIpc) is 2.74. The van der Waals surface area contributed by atoms with Crippen LogP contribution in [0.2, 0.25) is 0 Å². The van der Waals surface area contributed by atoms with Crippen molar-refractivity contribution in [2.24, 2.45) is 5.92 Å². The highest BCUT2D eigenvalue weighted by molar-refractivity contribution is 7.89. The van der Waals surface area contributed by atoms with Crippen molar-refractivity contribution in [3.63, 3.8) is 0 Å². The second-order valence-electron chi connectivity index (χ2n) is 7.88. The summed E-state index contributed by atoms with van der Waals surface area (Å²) in [7, 11) is -3.46. The summed E-state index contributed by atoms with van der Waals surface area (Å²) in [6.45, 7) is 2.82. The minimum Gasteiger partial charge on any atom is -0.368 e. The molecule has 6 nitrogen and oxygen atoms in total. The van der Waals surface area contributed by atoms with Crippen LogP contribution in [0.25, 0.3) is 10.9 Å². The van der Waals surface area contributed by atoms with Crippen LogP contribution in [-0.4, -0.2) is 37.6 Å². The van der Waals surface area contributed by atoms with Crippen molar-refractivity contribution >= 4 is 26.6 Å². The number of sulfonamides is 1. The zero-order valence-corrected chi connectivity index (χ0v) is 16.9. The Bertz CT molecular complexity index is 1140. The Labute approximate surface area is 171 Å². The monoisotopic (exact) mass is 408 g/mol. The van der Waals surface area contributed by atoms with Crippen LogP contribution in [0.4, 0.5) is 5.69 Å². The van der Waals surface area contributed by atoms with Crippen LogP contribution < -0.4 is 10.0 Å². The Balaban J connectivity index is 1.24. The maximum absolute atomic E-state index is 12.6. The summed E-state index contributed by atoms with van der Waals surface area (Å²) in [6.07, 6.45) is 3.48. The van der Waals surface area contributed by atoms with E-state index in [9.17, 15) is 8.42 Å². The molecule has 1 fully saturated rings. The molecular weight excluding hydrogens is 384 g/mol. The molecule has 7 heteroatoms. The highest BCUT2D eigenvalue weighted by Gasteiger charge is 2.35. The summed E-state index contributed by atoms with van der Waals surface area (Å²) in [5.41, 5.74) is 3.00. The third-order valence-electron chi connectivity index (χ3n) is 5.95. The molecule has 0 amide bonds. The van der Waals surface area contributed by atoms with Gasteiger partial charge in [0.2, 0.25) is 10.0 Å². The molecule has 0 spiro atoms. The van der Waals surface area contributed by atoms with Gasteiger partial charge >= 0.3 is 0 Å². The quantitative estimate of drug-likeness (QED) is 0.696. The zero-order valence-electron chi connectivity index (χ0n) is 16.1. The Morgan fingerprint density at radius 3 is 2.72 bits per heavy atom. The van der Waals surface area contributed by atoms with E-state index in [0.717, 1.165) is 38.0 Å². The first-order valence-corrected chi connectivity index (χ1v) is 11.5. The SMILES string of the molecule is O=S1(=O)NC(C2CCN(Cc3ccc4ncccc4c3)CC2)Nc2ccccc21. The van der Waals surface area contributed by atoms with Gasteiger partial charge in [-0.3, -0.25) is 9.88 Å². The van der Waals surface area contributed by atoms with Crippen LogP contribution >= 0.6 is 0 Å². The van der Waals surface area contributed by atoms with Gasteiger partial charge in [-0.05, 0) is 67.7 Å². The highest BCUT2D eigenvalue weighted by Crippen LogP contribution is 2.31. The first-order chi connectivity index (χ1) is 14.1. The van der Waals surface area contributed by atoms with Gasteiger partial charge < -0.3 is 5.32 Å². The third kappa shape index (κ3) is 3.73. The molecule has 2 aliphatic heterocycles. The lowest BCUT2D eigenvalue weighted by Crippen LogP contribution is -2.51. The first kappa shape index (κ1) is 18.5. The molecule has 3 aromatic rings. The summed E-state index contributed by atoms with van der Waals surface area (Å²) in [6, 6.07) is 17.6. The Morgan fingerprint density at radius 1 is 1.03 bits per heavy atom. The van der Waals surface area contributed by atoms with Gasteiger partial charge in [0.05, 0.1) is 17.4 Å². The molecule has 29 heavy (non-hydrogen) atoms. The molecule has 0 radical (unpaired) electrons. The number of benzene rings is 2. The number of hydrogen-bond acceptors (Lipinski definition) is 5. The van der Waals surface area contributed by atoms with Gasteiger partial charge in [-0.25, -0.2) is 8.42 Å². The molecule has 1 aromatic heterocycles. The normalized spacial score (nSPS) is 22.1. The second kappa shape index (κ2) is 7.40. The number of para-hydroxylation sites is 1. The number of hydrogen-bond donors (Lipinski definition) is 2. The van der Waals surface area contributed by atoms with E-state index >= 15 is 0 Å².